The highest BCUT2D eigenvalue weighted by Crippen LogP contribution is 2.38. The van der Waals surface area contributed by atoms with E-state index in [4.69, 9.17) is 5.73 Å². The van der Waals surface area contributed by atoms with Crippen LogP contribution in [0.2, 0.25) is 0 Å². The number of primary amides is 1. The Labute approximate surface area is 199 Å². The van der Waals surface area contributed by atoms with E-state index in [1.807, 2.05) is 12.1 Å². The van der Waals surface area contributed by atoms with Crippen molar-refractivity contribution < 1.29 is 18.8 Å². The van der Waals surface area contributed by atoms with Gasteiger partial charge in [0.15, 0.2) is 0 Å². The molecule has 2 saturated carbocycles. The highest BCUT2D eigenvalue weighted by atomic mass is 19.1. The summed E-state index contributed by atoms with van der Waals surface area (Å²) in [7, 11) is 0. The standard InChI is InChI=1S/C27H32FN3O3/c28-20-12-10-19(11-13-20)25(26(29)33)31-27(34)23-4-2-1-3-22(23)18-8-5-17(6-9-18)7-16-24(32)30-21-14-15-21/h5-6,8-13,21-23,25H,1-4,7,14-16H2,(H2,29,33)(H,30,32)(H,31,34). The molecule has 2 aliphatic rings. The number of benzene rings is 2. The topological polar surface area (TPSA) is 101 Å². The molecular formula is C27H32FN3O3. The third-order valence-corrected chi connectivity index (χ3v) is 6.87. The third kappa shape index (κ3) is 6.22. The molecular weight excluding hydrogens is 433 g/mol. The molecule has 0 spiro atoms. The lowest BCUT2D eigenvalue weighted by Gasteiger charge is -2.32. The summed E-state index contributed by atoms with van der Waals surface area (Å²) in [4.78, 5) is 37.2. The normalized spacial score (nSPS) is 20.9. The number of rotatable bonds is 9. The molecule has 34 heavy (non-hydrogen) atoms. The predicted molar refractivity (Wildman–Crippen MR) is 127 cm³/mol. The number of amides is 3. The Kier molecular flexibility index (Phi) is 7.60. The molecule has 0 aromatic heterocycles. The number of nitrogens with two attached hydrogens (primary N) is 1. The van der Waals surface area contributed by atoms with Gasteiger partial charge in [0.05, 0.1) is 0 Å². The molecule has 3 atom stereocenters. The van der Waals surface area contributed by atoms with Crippen molar-refractivity contribution in [1.82, 2.24) is 10.6 Å². The summed E-state index contributed by atoms with van der Waals surface area (Å²) in [5.74, 6) is -1.44. The van der Waals surface area contributed by atoms with Gasteiger partial charge in [-0.05, 0) is 66.8 Å². The first-order chi connectivity index (χ1) is 16.4. The number of carbonyl (C=O) groups is 3. The van der Waals surface area contributed by atoms with Crippen molar-refractivity contribution in [3.05, 3.63) is 71.0 Å². The SMILES string of the molecule is NC(=O)C(NC(=O)C1CCCCC1c1ccc(CCC(=O)NC2CC2)cc1)c1ccc(F)cc1. The number of nitrogens with one attached hydrogen (secondary N) is 2. The molecule has 2 aromatic carbocycles. The van der Waals surface area contributed by atoms with Gasteiger partial charge in [0, 0.05) is 18.4 Å². The van der Waals surface area contributed by atoms with Gasteiger partial charge in [-0.15, -0.1) is 0 Å². The number of halogens is 1. The summed E-state index contributed by atoms with van der Waals surface area (Å²) in [6.07, 6.45) is 6.93. The molecule has 4 N–H and O–H groups in total. The maximum absolute atomic E-state index is 13.3. The number of hydrogen-bond donors (Lipinski definition) is 3. The van der Waals surface area contributed by atoms with Crippen LogP contribution in [0.3, 0.4) is 0 Å². The summed E-state index contributed by atoms with van der Waals surface area (Å²) < 4.78 is 13.3. The van der Waals surface area contributed by atoms with Crippen molar-refractivity contribution in [2.24, 2.45) is 11.7 Å². The van der Waals surface area contributed by atoms with Crippen molar-refractivity contribution in [1.29, 1.82) is 0 Å². The van der Waals surface area contributed by atoms with Gasteiger partial charge in [-0.1, -0.05) is 49.2 Å². The molecule has 0 aliphatic heterocycles. The van der Waals surface area contributed by atoms with Crippen LogP contribution < -0.4 is 16.4 Å². The molecule has 0 radical (unpaired) electrons. The van der Waals surface area contributed by atoms with Crippen LogP contribution in [0.15, 0.2) is 48.5 Å². The summed E-state index contributed by atoms with van der Waals surface area (Å²) in [6.45, 7) is 0. The van der Waals surface area contributed by atoms with E-state index in [1.165, 1.54) is 24.3 Å². The molecule has 0 bridgehead atoms. The molecule has 3 amide bonds. The van der Waals surface area contributed by atoms with Gasteiger partial charge in [-0.2, -0.15) is 0 Å². The lowest BCUT2D eigenvalue weighted by Crippen LogP contribution is -2.42. The van der Waals surface area contributed by atoms with Gasteiger partial charge < -0.3 is 16.4 Å². The Morgan fingerprint density at radius 2 is 1.62 bits per heavy atom. The maximum atomic E-state index is 13.3. The Morgan fingerprint density at radius 1 is 0.941 bits per heavy atom. The number of carbonyl (C=O) groups excluding carboxylic acids is 3. The fourth-order valence-corrected chi connectivity index (χ4v) is 4.78. The lowest BCUT2D eigenvalue weighted by atomic mass is 9.74. The summed E-state index contributed by atoms with van der Waals surface area (Å²) in [5, 5.41) is 5.81. The summed E-state index contributed by atoms with van der Waals surface area (Å²) >= 11 is 0. The van der Waals surface area contributed by atoms with Crippen LogP contribution in [0.1, 0.15) is 73.6 Å². The minimum Gasteiger partial charge on any atom is -0.368 e. The zero-order valence-electron chi connectivity index (χ0n) is 19.3. The third-order valence-electron chi connectivity index (χ3n) is 6.87. The summed E-state index contributed by atoms with van der Waals surface area (Å²) in [6, 6.07) is 13.0. The fourth-order valence-electron chi connectivity index (χ4n) is 4.78. The first kappa shape index (κ1) is 23.9. The maximum Gasteiger partial charge on any atom is 0.244 e. The van der Waals surface area contributed by atoms with Crippen molar-refractivity contribution in [2.45, 2.75) is 69.4 Å². The lowest BCUT2D eigenvalue weighted by molar-refractivity contribution is -0.131. The fraction of sp³-hybridized carbons (Fsp3) is 0.444. The van der Waals surface area contributed by atoms with E-state index in [2.05, 4.69) is 22.8 Å². The molecule has 3 unspecified atom stereocenters. The largest absolute Gasteiger partial charge is 0.368 e. The van der Waals surface area contributed by atoms with Crippen molar-refractivity contribution in [3.63, 3.8) is 0 Å². The molecule has 2 aliphatic carbocycles. The van der Waals surface area contributed by atoms with Gasteiger partial charge in [0.25, 0.3) is 0 Å². The molecule has 0 heterocycles. The summed E-state index contributed by atoms with van der Waals surface area (Å²) in [5.41, 5.74) is 8.19. The average Bonchev–Trinajstić information content (AvgIpc) is 3.66. The van der Waals surface area contributed by atoms with E-state index in [-0.39, 0.29) is 23.7 Å². The highest BCUT2D eigenvalue weighted by Gasteiger charge is 2.34. The van der Waals surface area contributed by atoms with E-state index >= 15 is 0 Å². The minimum atomic E-state index is -1.00. The van der Waals surface area contributed by atoms with Gasteiger partial charge in [0.2, 0.25) is 17.7 Å². The van der Waals surface area contributed by atoms with Crippen molar-refractivity contribution in [2.75, 3.05) is 0 Å². The van der Waals surface area contributed by atoms with Gasteiger partial charge in [0.1, 0.15) is 11.9 Å². The second kappa shape index (κ2) is 10.8. The molecule has 2 fully saturated rings. The Balaban J connectivity index is 1.40. The van der Waals surface area contributed by atoms with Crippen LogP contribution in [-0.2, 0) is 20.8 Å². The molecule has 2 aromatic rings. The zero-order valence-corrected chi connectivity index (χ0v) is 19.3. The monoisotopic (exact) mass is 465 g/mol. The highest BCUT2D eigenvalue weighted by molar-refractivity contribution is 5.89. The Morgan fingerprint density at radius 3 is 2.26 bits per heavy atom. The van der Waals surface area contributed by atoms with Crippen LogP contribution in [0.5, 0.6) is 0 Å². The molecule has 4 rings (SSSR count). The van der Waals surface area contributed by atoms with Crippen LogP contribution in [0.25, 0.3) is 0 Å². The second-order valence-electron chi connectivity index (χ2n) is 9.48. The van der Waals surface area contributed by atoms with Crippen LogP contribution >= 0.6 is 0 Å². The number of aryl methyl sites for hydroxylation is 1. The van der Waals surface area contributed by atoms with Gasteiger partial charge in [-0.3, -0.25) is 14.4 Å². The van der Waals surface area contributed by atoms with Crippen LogP contribution in [0.4, 0.5) is 4.39 Å². The quantitative estimate of drug-likeness (QED) is 0.527. The van der Waals surface area contributed by atoms with Gasteiger partial charge in [-0.25, -0.2) is 4.39 Å². The van der Waals surface area contributed by atoms with Crippen LogP contribution in [-0.4, -0.2) is 23.8 Å². The van der Waals surface area contributed by atoms with Gasteiger partial charge >= 0.3 is 0 Å². The number of hydrogen-bond acceptors (Lipinski definition) is 3. The molecule has 180 valence electrons. The van der Waals surface area contributed by atoms with E-state index in [0.29, 0.717) is 24.4 Å². The minimum absolute atomic E-state index is 0.0442. The average molecular weight is 466 g/mol. The first-order valence-corrected chi connectivity index (χ1v) is 12.1. The smallest absolute Gasteiger partial charge is 0.244 e. The van der Waals surface area contributed by atoms with E-state index in [9.17, 15) is 18.8 Å². The van der Waals surface area contributed by atoms with E-state index < -0.39 is 17.8 Å². The van der Waals surface area contributed by atoms with Crippen molar-refractivity contribution in [3.8, 4) is 0 Å². The second-order valence-corrected chi connectivity index (χ2v) is 9.48. The van der Waals surface area contributed by atoms with Crippen molar-refractivity contribution >= 4 is 17.7 Å². The molecule has 7 heteroatoms. The predicted octanol–water partition coefficient (Wildman–Crippen LogP) is 3.65. The Hall–Kier alpha value is -3.22. The van der Waals surface area contributed by atoms with E-state index in [0.717, 1.165) is 49.7 Å². The first-order valence-electron chi connectivity index (χ1n) is 12.1. The zero-order chi connectivity index (χ0) is 24.1. The van der Waals surface area contributed by atoms with E-state index in [1.54, 1.807) is 0 Å². The Bertz CT molecular complexity index is 1020. The molecule has 0 saturated heterocycles. The molecule has 6 nitrogen and oxygen atoms in total. The van der Waals surface area contributed by atoms with Crippen LogP contribution in [0, 0.1) is 11.7 Å².